The van der Waals surface area contributed by atoms with E-state index in [-0.39, 0.29) is 61.1 Å². The van der Waals surface area contributed by atoms with Gasteiger partial charge >= 0.3 is 0 Å². The number of aliphatic hydroxyl groups excluding tert-OH is 1. The van der Waals surface area contributed by atoms with E-state index in [2.05, 4.69) is 21.7 Å². The van der Waals surface area contributed by atoms with Gasteiger partial charge < -0.3 is 31.1 Å². The minimum absolute atomic E-state index is 0.0239. The molecular formula is C42H59N5O6S. The number of aromatic nitrogens is 1. The van der Waals surface area contributed by atoms with Crippen molar-refractivity contribution in [3.05, 3.63) is 70.9 Å². The third kappa shape index (κ3) is 12.1. The lowest BCUT2D eigenvalue weighted by atomic mass is 9.85. The van der Waals surface area contributed by atoms with Crippen molar-refractivity contribution in [2.75, 3.05) is 6.54 Å². The smallest absolute Gasteiger partial charge is 0.246 e. The van der Waals surface area contributed by atoms with Gasteiger partial charge in [0.25, 0.3) is 0 Å². The first-order valence-electron chi connectivity index (χ1n) is 19.2. The number of nitrogens with one attached hydrogen (secondary N) is 2. The maximum Gasteiger partial charge on any atom is 0.246 e. The number of ether oxygens (including phenoxy) is 1. The minimum Gasteiger partial charge on any atom is -0.490 e. The first-order chi connectivity index (χ1) is 25.5. The maximum absolute atomic E-state index is 14.0. The lowest BCUT2D eigenvalue weighted by molar-refractivity contribution is -0.144. The van der Waals surface area contributed by atoms with Gasteiger partial charge in [-0.15, -0.1) is 11.3 Å². The van der Waals surface area contributed by atoms with Crippen LogP contribution in [0.1, 0.15) is 109 Å². The topological polar surface area (TPSA) is 164 Å². The highest BCUT2D eigenvalue weighted by atomic mass is 32.1. The number of unbranched alkanes of at least 4 members (excludes halogenated alkanes) is 2. The molecule has 5 N–H and O–H groups in total. The predicted molar refractivity (Wildman–Crippen MR) is 213 cm³/mol. The molecule has 6 atom stereocenters. The van der Waals surface area contributed by atoms with E-state index in [0.29, 0.717) is 19.3 Å². The molecule has 0 unspecified atom stereocenters. The van der Waals surface area contributed by atoms with E-state index in [0.717, 1.165) is 52.3 Å². The molecule has 2 aromatic carbocycles. The SMILES string of the molecule is Cc1ncsc1-c1ccc([C@H](C)NC(=O)[C@@H]2C[C@@H](O)CN2C(=O)[C@@H](NC(=O)CCCCCc2cccc(O[C@H](C)[C@@H](C)CCC(N)=O)c2)C(C)(C)C)cc1. The standard InChI is InChI=1S/C42H59N5O6S/c1-26(16-21-36(43)49)29(4)53-34-14-11-13-30(22-34)12-9-8-10-15-37(50)46-39(42(5,6)7)41(52)47-24-33(48)23-35(47)40(51)45-27(2)31-17-19-32(20-18-31)38-28(3)44-25-54-38/h11,13-14,17-20,22,25-27,29,33,35,39,48H,8-10,12,15-16,21,23-24H2,1-7H3,(H2,43,49)(H,45,51)(H,46,50)/t26-,27-,29+,33+,35-,39+/m0/s1. The van der Waals surface area contributed by atoms with Crippen LogP contribution < -0.4 is 21.1 Å². The summed E-state index contributed by atoms with van der Waals surface area (Å²) in [5.41, 5.74) is 10.6. The van der Waals surface area contributed by atoms with E-state index in [4.69, 9.17) is 10.5 Å². The summed E-state index contributed by atoms with van der Waals surface area (Å²) < 4.78 is 6.13. The summed E-state index contributed by atoms with van der Waals surface area (Å²) in [6.07, 6.45) is 3.74. The Balaban J connectivity index is 1.26. The zero-order chi connectivity index (χ0) is 39.6. The van der Waals surface area contributed by atoms with Crippen LogP contribution in [0, 0.1) is 18.3 Å². The molecule has 1 aliphatic heterocycles. The van der Waals surface area contributed by atoms with Crippen LogP contribution in [0.15, 0.2) is 54.0 Å². The van der Waals surface area contributed by atoms with Gasteiger partial charge in [0, 0.05) is 25.8 Å². The Morgan fingerprint density at radius 1 is 1.02 bits per heavy atom. The summed E-state index contributed by atoms with van der Waals surface area (Å²) in [6, 6.07) is 13.9. The van der Waals surface area contributed by atoms with Crippen LogP contribution in [0.25, 0.3) is 10.4 Å². The number of hydrogen-bond donors (Lipinski definition) is 4. The normalized spacial score (nSPS) is 18.0. The first kappa shape index (κ1) is 42.5. The molecule has 12 heteroatoms. The molecule has 1 fully saturated rings. The zero-order valence-electron chi connectivity index (χ0n) is 32.9. The second-order valence-corrected chi connectivity index (χ2v) is 16.7. The van der Waals surface area contributed by atoms with E-state index in [1.54, 1.807) is 11.3 Å². The number of aliphatic hydroxyl groups is 1. The molecular weight excluding hydrogens is 703 g/mol. The summed E-state index contributed by atoms with van der Waals surface area (Å²) in [6.45, 7) is 13.6. The van der Waals surface area contributed by atoms with Crippen molar-refractivity contribution in [3.8, 4) is 16.2 Å². The quantitative estimate of drug-likeness (QED) is 0.111. The Morgan fingerprint density at radius 2 is 1.74 bits per heavy atom. The van der Waals surface area contributed by atoms with Crippen LogP contribution in [0.5, 0.6) is 5.75 Å². The van der Waals surface area contributed by atoms with Crippen LogP contribution in [-0.2, 0) is 25.6 Å². The van der Waals surface area contributed by atoms with Crippen LogP contribution in [0.3, 0.4) is 0 Å². The van der Waals surface area contributed by atoms with Gasteiger partial charge in [0.2, 0.25) is 23.6 Å². The van der Waals surface area contributed by atoms with Crippen molar-refractivity contribution in [1.82, 2.24) is 20.5 Å². The molecule has 11 nitrogen and oxygen atoms in total. The third-order valence-electron chi connectivity index (χ3n) is 10.3. The number of nitrogens with two attached hydrogens (primary N) is 1. The average Bonchev–Trinajstić information content (AvgIpc) is 3.73. The second kappa shape index (κ2) is 19.3. The summed E-state index contributed by atoms with van der Waals surface area (Å²) in [7, 11) is 0. The van der Waals surface area contributed by atoms with Crippen molar-refractivity contribution >= 4 is 35.0 Å². The second-order valence-electron chi connectivity index (χ2n) is 15.9. The van der Waals surface area contributed by atoms with Gasteiger partial charge in [-0.1, -0.05) is 70.5 Å². The van der Waals surface area contributed by atoms with Gasteiger partial charge in [0.1, 0.15) is 17.8 Å². The highest BCUT2D eigenvalue weighted by Crippen LogP contribution is 2.30. The van der Waals surface area contributed by atoms with Gasteiger partial charge in [0.15, 0.2) is 0 Å². The summed E-state index contributed by atoms with van der Waals surface area (Å²) in [4.78, 5) is 58.8. The van der Waals surface area contributed by atoms with E-state index in [9.17, 15) is 24.3 Å². The Bertz CT molecular complexity index is 1720. The molecule has 294 valence electrons. The number of primary amides is 1. The predicted octanol–water partition coefficient (Wildman–Crippen LogP) is 6.26. The third-order valence-corrected chi connectivity index (χ3v) is 11.3. The number of likely N-dealkylation sites (tertiary alicyclic amines) is 1. The van der Waals surface area contributed by atoms with Crippen LogP contribution in [-0.4, -0.2) is 69.5 Å². The van der Waals surface area contributed by atoms with Crippen molar-refractivity contribution in [1.29, 1.82) is 0 Å². The number of thiazole rings is 1. The fourth-order valence-corrected chi connectivity index (χ4v) is 7.56. The van der Waals surface area contributed by atoms with Gasteiger partial charge in [-0.3, -0.25) is 19.2 Å². The number of carbonyl (C=O) groups is 4. The Labute approximate surface area is 324 Å². The Morgan fingerprint density at radius 3 is 2.39 bits per heavy atom. The maximum atomic E-state index is 14.0. The number of nitrogens with zero attached hydrogens (tertiary/aromatic N) is 2. The van der Waals surface area contributed by atoms with E-state index >= 15 is 0 Å². The van der Waals surface area contributed by atoms with Gasteiger partial charge in [-0.2, -0.15) is 0 Å². The number of carbonyl (C=O) groups excluding carboxylic acids is 4. The van der Waals surface area contributed by atoms with Gasteiger partial charge in [-0.25, -0.2) is 4.98 Å². The summed E-state index contributed by atoms with van der Waals surface area (Å²) in [5, 5.41) is 16.6. The molecule has 0 bridgehead atoms. The average molecular weight is 762 g/mol. The summed E-state index contributed by atoms with van der Waals surface area (Å²) in [5.74, 6) is -0.259. The first-order valence-corrected chi connectivity index (χ1v) is 20.0. The number of amides is 4. The number of hydrogen-bond acceptors (Lipinski definition) is 8. The molecule has 4 amide bonds. The van der Waals surface area contributed by atoms with Gasteiger partial charge in [0.05, 0.1) is 34.3 Å². The van der Waals surface area contributed by atoms with Crippen LogP contribution in [0.2, 0.25) is 0 Å². The molecule has 2 heterocycles. The molecule has 0 saturated carbocycles. The molecule has 54 heavy (non-hydrogen) atoms. The van der Waals surface area contributed by atoms with E-state index in [1.807, 2.05) is 96.4 Å². The number of rotatable bonds is 18. The molecule has 3 aromatic rings. The fraction of sp³-hybridized carbons (Fsp3) is 0.548. The number of β-amino-alcohol motifs (C(OH)–C–C–N with tert-alkyl or cyclic N) is 1. The molecule has 1 aromatic heterocycles. The highest BCUT2D eigenvalue weighted by Gasteiger charge is 2.44. The fourth-order valence-electron chi connectivity index (χ4n) is 6.75. The van der Waals surface area contributed by atoms with Crippen molar-refractivity contribution in [3.63, 3.8) is 0 Å². The van der Waals surface area contributed by atoms with Crippen molar-refractivity contribution < 1.29 is 29.0 Å². The number of benzene rings is 2. The lowest BCUT2D eigenvalue weighted by Gasteiger charge is -2.35. The van der Waals surface area contributed by atoms with Crippen LogP contribution >= 0.6 is 11.3 Å². The Kier molecular flexibility index (Phi) is 15.2. The largest absolute Gasteiger partial charge is 0.490 e. The summed E-state index contributed by atoms with van der Waals surface area (Å²) >= 11 is 1.58. The van der Waals surface area contributed by atoms with E-state index in [1.165, 1.54) is 4.90 Å². The van der Waals surface area contributed by atoms with E-state index < -0.39 is 23.6 Å². The molecule has 1 saturated heterocycles. The van der Waals surface area contributed by atoms with Crippen molar-refractivity contribution in [2.24, 2.45) is 17.1 Å². The Hall–Kier alpha value is -4.29. The molecule has 4 rings (SSSR count). The minimum atomic E-state index is -0.866. The molecule has 0 radical (unpaired) electrons. The molecule has 0 spiro atoms. The molecule has 0 aliphatic carbocycles. The van der Waals surface area contributed by atoms with Gasteiger partial charge in [-0.05, 0) is 86.6 Å². The lowest BCUT2D eigenvalue weighted by Crippen LogP contribution is -2.57. The monoisotopic (exact) mass is 761 g/mol. The van der Waals surface area contributed by atoms with Crippen LogP contribution in [0.4, 0.5) is 0 Å². The zero-order valence-corrected chi connectivity index (χ0v) is 33.7. The number of aryl methyl sites for hydroxylation is 2. The van der Waals surface area contributed by atoms with Crippen molar-refractivity contribution in [2.45, 2.75) is 130 Å². The molecule has 1 aliphatic rings. The highest BCUT2D eigenvalue weighted by molar-refractivity contribution is 7.13.